The molecule has 0 spiro atoms. The van der Waals surface area contributed by atoms with Crippen LogP contribution in [0.3, 0.4) is 0 Å². The van der Waals surface area contributed by atoms with Crippen molar-refractivity contribution < 1.29 is 13.9 Å². The lowest BCUT2D eigenvalue weighted by molar-refractivity contribution is -0.149. The molecule has 118 valence electrons. The van der Waals surface area contributed by atoms with E-state index in [-0.39, 0.29) is 17.7 Å². The summed E-state index contributed by atoms with van der Waals surface area (Å²) in [6.45, 7) is 7.27. The number of esters is 1. The molecule has 0 N–H and O–H groups in total. The first-order valence-electron chi connectivity index (χ1n) is 7.06. The van der Waals surface area contributed by atoms with Crippen molar-refractivity contribution in [2.75, 3.05) is 0 Å². The van der Waals surface area contributed by atoms with E-state index in [1.807, 2.05) is 24.5 Å². The zero-order valence-electron chi connectivity index (χ0n) is 13.0. The molecule has 2 aromatic rings. The van der Waals surface area contributed by atoms with Crippen molar-refractivity contribution >= 4 is 17.7 Å². The third-order valence-electron chi connectivity index (χ3n) is 3.08. The molecule has 0 aliphatic carbocycles. The summed E-state index contributed by atoms with van der Waals surface area (Å²) < 4.78 is 20.4. The van der Waals surface area contributed by atoms with Crippen LogP contribution in [0.15, 0.2) is 40.5 Å². The molecule has 1 atom stereocenters. The molecule has 4 nitrogen and oxygen atoms in total. The summed E-state index contributed by atoms with van der Waals surface area (Å²) in [5, 5.41) is 0.791. The second kappa shape index (κ2) is 6.96. The summed E-state index contributed by atoms with van der Waals surface area (Å²) in [4.78, 5) is 16.3. The van der Waals surface area contributed by atoms with Crippen molar-refractivity contribution in [3.63, 3.8) is 0 Å². The second-order valence-electron chi connectivity index (χ2n) is 5.27. The SMILES string of the molecule is CC(=O)OC(C)n1cnc(Sc2cccc(F)c2)c1C(C)C. The summed E-state index contributed by atoms with van der Waals surface area (Å²) in [7, 11) is 0. The fourth-order valence-electron chi connectivity index (χ4n) is 2.21. The number of halogens is 1. The van der Waals surface area contributed by atoms with Gasteiger partial charge in [0.2, 0.25) is 0 Å². The van der Waals surface area contributed by atoms with Gasteiger partial charge in [0.05, 0.1) is 12.0 Å². The van der Waals surface area contributed by atoms with Crippen LogP contribution in [0.2, 0.25) is 0 Å². The van der Waals surface area contributed by atoms with Gasteiger partial charge in [-0.3, -0.25) is 9.36 Å². The Morgan fingerprint density at radius 1 is 1.36 bits per heavy atom. The molecule has 1 heterocycles. The minimum atomic E-state index is -0.427. The molecule has 0 saturated carbocycles. The van der Waals surface area contributed by atoms with Gasteiger partial charge < -0.3 is 4.74 Å². The van der Waals surface area contributed by atoms with Crippen molar-refractivity contribution in [3.05, 3.63) is 42.1 Å². The van der Waals surface area contributed by atoms with E-state index in [0.717, 1.165) is 15.6 Å². The molecule has 1 aromatic heterocycles. The highest BCUT2D eigenvalue weighted by Crippen LogP contribution is 2.34. The van der Waals surface area contributed by atoms with Gasteiger partial charge in [0.1, 0.15) is 10.8 Å². The molecule has 0 fully saturated rings. The largest absolute Gasteiger partial charge is 0.442 e. The van der Waals surface area contributed by atoms with Crippen molar-refractivity contribution in [3.8, 4) is 0 Å². The fraction of sp³-hybridized carbons (Fsp3) is 0.375. The molecule has 0 aliphatic rings. The first kappa shape index (κ1) is 16.5. The zero-order valence-corrected chi connectivity index (χ0v) is 13.9. The number of nitrogens with zero attached hydrogens (tertiary/aromatic N) is 2. The number of imidazole rings is 1. The maximum atomic E-state index is 13.3. The zero-order chi connectivity index (χ0) is 16.3. The highest BCUT2D eigenvalue weighted by atomic mass is 32.2. The van der Waals surface area contributed by atoms with Crippen molar-refractivity contribution in [2.45, 2.75) is 49.8 Å². The lowest BCUT2D eigenvalue weighted by atomic mass is 10.1. The maximum Gasteiger partial charge on any atom is 0.304 e. The highest BCUT2D eigenvalue weighted by Gasteiger charge is 2.20. The van der Waals surface area contributed by atoms with E-state index in [1.54, 1.807) is 19.3 Å². The Morgan fingerprint density at radius 3 is 2.68 bits per heavy atom. The lowest BCUT2D eigenvalue weighted by Crippen LogP contribution is -2.15. The molecule has 0 bridgehead atoms. The van der Waals surface area contributed by atoms with E-state index < -0.39 is 6.23 Å². The van der Waals surface area contributed by atoms with E-state index in [9.17, 15) is 9.18 Å². The molecule has 0 amide bonds. The Bertz CT molecular complexity index is 670. The normalized spacial score (nSPS) is 12.5. The van der Waals surface area contributed by atoms with Crippen LogP contribution in [0, 0.1) is 5.82 Å². The molecule has 2 rings (SSSR count). The van der Waals surface area contributed by atoms with Gasteiger partial charge in [-0.05, 0) is 31.0 Å². The predicted molar refractivity (Wildman–Crippen MR) is 83.3 cm³/mol. The first-order valence-corrected chi connectivity index (χ1v) is 7.87. The van der Waals surface area contributed by atoms with Crippen LogP contribution in [0.25, 0.3) is 0 Å². The number of rotatable bonds is 5. The number of aromatic nitrogens is 2. The first-order chi connectivity index (χ1) is 10.4. The van der Waals surface area contributed by atoms with Gasteiger partial charge in [-0.25, -0.2) is 9.37 Å². The number of hydrogen-bond donors (Lipinski definition) is 0. The number of benzene rings is 1. The molecule has 1 unspecified atom stereocenters. The van der Waals surface area contributed by atoms with Crippen LogP contribution >= 0.6 is 11.8 Å². The quantitative estimate of drug-likeness (QED) is 0.766. The monoisotopic (exact) mass is 322 g/mol. The highest BCUT2D eigenvalue weighted by molar-refractivity contribution is 7.99. The van der Waals surface area contributed by atoms with Crippen molar-refractivity contribution in [1.82, 2.24) is 9.55 Å². The van der Waals surface area contributed by atoms with Gasteiger partial charge >= 0.3 is 5.97 Å². The summed E-state index contributed by atoms with van der Waals surface area (Å²) in [5.74, 6) is -0.421. The van der Waals surface area contributed by atoms with Crippen LogP contribution < -0.4 is 0 Å². The molecule has 0 radical (unpaired) electrons. The van der Waals surface area contributed by atoms with Crippen LogP contribution in [0.4, 0.5) is 4.39 Å². The van der Waals surface area contributed by atoms with Gasteiger partial charge in [0.25, 0.3) is 0 Å². The molecule has 22 heavy (non-hydrogen) atoms. The van der Waals surface area contributed by atoms with Gasteiger partial charge in [0.15, 0.2) is 6.23 Å². The third kappa shape index (κ3) is 3.88. The van der Waals surface area contributed by atoms with Crippen LogP contribution in [-0.2, 0) is 9.53 Å². The van der Waals surface area contributed by atoms with E-state index in [0.29, 0.717) is 0 Å². The molecule has 0 saturated heterocycles. The van der Waals surface area contributed by atoms with Crippen LogP contribution in [0.5, 0.6) is 0 Å². The van der Waals surface area contributed by atoms with E-state index in [2.05, 4.69) is 4.98 Å². The molecule has 1 aromatic carbocycles. The lowest BCUT2D eigenvalue weighted by Gasteiger charge is -2.19. The average Bonchev–Trinajstić information content (AvgIpc) is 2.81. The minimum absolute atomic E-state index is 0.191. The van der Waals surface area contributed by atoms with Crippen molar-refractivity contribution in [1.29, 1.82) is 0 Å². The summed E-state index contributed by atoms with van der Waals surface area (Å²) in [6, 6.07) is 6.40. The average molecular weight is 322 g/mol. The van der Waals surface area contributed by atoms with Gasteiger partial charge in [-0.1, -0.05) is 31.7 Å². The molecule has 6 heteroatoms. The Labute approximate surface area is 133 Å². The predicted octanol–water partition coefficient (Wildman–Crippen LogP) is 4.38. The molecular weight excluding hydrogens is 303 g/mol. The minimum Gasteiger partial charge on any atom is -0.442 e. The van der Waals surface area contributed by atoms with E-state index in [4.69, 9.17) is 4.74 Å². The maximum absolute atomic E-state index is 13.3. The Balaban J connectivity index is 2.32. The van der Waals surface area contributed by atoms with Crippen LogP contribution in [-0.4, -0.2) is 15.5 Å². The fourth-order valence-corrected chi connectivity index (χ4v) is 3.29. The molecular formula is C16H19FN2O2S. The van der Waals surface area contributed by atoms with Gasteiger partial charge in [-0.15, -0.1) is 0 Å². The summed E-state index contributed by atoms with van der Waals surface area (Å²) >= 11 is 1.40. The number of carbonyl (C=O) groups is 1. The summed E-state index contributed by atoms with van der Waals surface area (Å²) in [5.41, 5.74) is 0.961. The second-order valence-corrected chi connectivity index (χ2v) is 6.33. The van der Waals surface area contributed by atoms with Gasteiger partial charge in [0, 0.05) is 11.8 Å². The standard InChI is InChI=1S/C16H19FN2O2S/c1-10(2)15-16(22-14-7-5-6-13(17)8-14)18-9-19(15)11(3)21-12(4)20/h5-11H,1-4H3. The van der Waals surface area contributed by atoms with Crippen LogP contribution in [0.1, 0.15) is 45.5 Å². The van der Waals surface area contributed by atoms with Crippen molar-refractivity contribution in [2.24, 2.45) is 0 Å². The topological polar surface area (TPSA) is 44.1 Å². The smallest absolute Gasteiger partial charge is 0.304 e. The Kier molecular flexibility index (Phi) is 5.24. The third-order valence-corrected chi connectivity index (χ3v) is 4.08. The number of hydrogen-bond acceptors (Lipinski definition) is 4. The summed E-state index contributed by atoms with van der Waals surface area (Å²) in [6.07, 6.45) is 1.23. The Morgan fingerprint density at radius 2 is 2.09 bits per heavy atom. The Hall–Kier alpha value is -1.82. The van der Waals surface area contributed by atoms with E-state index in [1.165, 1.54) is 30.8 Å². The molecule has 0 aliphatic heterocycles. The van der Waals surface area contributed by atoms with E-state index >= 15 is 0 Å². The number of carbonyl (C=O) groups excluding carboxylic acids is 1. The van der Waals surface area contributed by atoms with Gasteiger partial charge in [-0.2, -0.15) is 0 Å². The number of ether oxygens (including phenoxy) is 1.